The Balaban J connectivity index is 2.04. The smallest absolute Gasteiger partial charge is 0.378 e. The van der Waals surface area contributed by atoms with Crippen molar-refractivity contribution in [2.24, 2.45) is 5.41 Å². The summed E-state index contributed by atoms with van der Waals surface area (Å²) in [5.41, 5.74) is 0.999. The number of aliphatic hydroxyl groups excluding tert-OH is 1. The van der Waals surface area contributed by atoms with Crippen LogP contribution in [0, 0.1) is 5.41 Å². The summed E-state index contributed by atoms with van der Waals surface area (Å²) in [4.78, 5) is 3.33. The van der Waals surface area contributed by atoms with Gasteiger partial charge in [0.1, 0.15) is 6.23 Å². The normalized spacial score (nSPS) is 14.0. The maximum atomic E-state index is 12.4. The summed E-state index contributed by atoms with van der Waals surface area (Å²) in [6, 6.07) is 6.65. The number of halogens is 3. The van der Waals surface area contributed by atoms with Gasteiger partial charge in [0.2, 0.25) is 5.82 Å². The number of alkyl halides is 3. The summed E-state index contributed by atoms with van der Waals surface area (Å²) >= 11 is 0. The zero-order chi connectivity index (χ0) is 17.3. The molecule has 23 heavy (non-hydrogen) atoms. The Kier molecular flexibility index (Phi) is 4.76. The lowest BCUT2D eigenvalue weighted by Crippen LogP contribution is -2.39. The predicted octanol–water partition coefficient (Wildman–Crippen LogP) is 3.21. The Morgan fingerprint density at radius 3 is 2.26 bits per heavy atom. The molecule has 2 N–H and O–H groups in total. The van der Waals surface area contributed by atoms with Crippen LogP contribution in [0.25, 0.3) is 11.4 Å². The minimum atomic E-state index is -4.65. The first-order valence-electron chi connectivity index (χ1n) is 6.99. The van der Waals surface area contributed by atoms with Gasteiger partial charge in [-0.3, -0.25) is 5.32 Å². The van der Waals surface area contributed by atoms with Gasteiger partial charge in [0.05, 0.1) is 0 Å². The molecule has 0 saturated carbocycles. The van der Waals surface area contributed by atoms with E-state index in [-0.39, 0.29) is 11.2 Å². The first kappa shape index (κ1) is 17.4. The summed E-state index contributed by atoms with van der Waals surface area (Å²) in [7, 11) is 0. The Morgan fingerprint density at radius 2 is 1.78 bits per heavy atom. The second kappa shape index (κ2) is 6.29. The van der Waals surface area contributed by atoms with Gasteiger partial charge in [0.15, 0.2) is 0 Å². The van der Waals surface area contributed by atoms with Crippen LogP contribution in [-0.4, -0.2) is 21.5 Å². The average Bonchev–Trinajstić information content (AvgIpc) is 2.94. The maximum absolute atomic E-state index is 12.4. The Bertz CT molecular complexity index is 645. The van der Waals surface area contributed by atoms with Crippen molar-refractivity contribution in [3.8, 4) is 11.4 Å². The molecule has 0 bridgehead atoms. The van der Waals surface area contributed by atoms with Crippen molar-refractivity contribution >= 4 is 0 Å². The third-order valence-corrected chi connectivity index (χ3v) is 3.20. The second-order valence-corrected chi connectivity index (χ2v) is 6.27. The van der Waals surface area contributed by atoms with Gasteiger partial charge in [0.25, 0.3) is 0 Å². The largest absolute Gasteiger partial charge is 0.471 e. The molecule has 0 amide bonds. The minimum absolute atomic E-state index is 0.119. The summed E-state index contributed by atoms with van der Waals surface area (Å²) in [5, 5.41) is 16.2. The number of nitrogens with zero attached hydrogens (tertiary/aromatic N) is 2. The van der Waals surface area contributed by atoms with Crippen molar-refractivity contribution in [1.29, 1.82) is 0 Å². The van der Waals surface area contributed by atoms with Gasteiger partial charge < -0.3 is 9.63 Å². The zero-order valence-corrected chi connectivity index (χ0v) is 13.0. The topological polar surface area (TPSA) is 71.2 Å². The van der Waals surface area contributed by atoms with Crippen LogP contribution in [0.5, 0.6) is 0 Å². The molecule has 8 heteroatoms. The Morgan fingerprint density at radius 1 is 1.17 bits per heavy atom. The molecule has 5 nitrogen and oxygen atoms in total. The molecule has 126 valence electrons. The van der Waals surface area contributed by atoms with E-state index in [0.29, 0.717) is 12.1 Å². The van der Waals surface area contributed by atoms with E-state index < -0.39 is 18.3 Å². The van der Waals surface area contributed by atoms with Crippen LogP contribution in [0.1, 0.15) is 32.2 Å². The SMILES string of the molecule is CC(C)(C)C(O)NCc1ccc(-c2noc(C(F)(F)F)n2)cc1. The quantitative estimate of drug-likeness (QED) is 0.843. The van der Waals surface area contributed by atoms with Crippen LogP contribution < -0.4 is 5.32 Å². The van der Waals surface area contributed by atoms with Crippen LogP contribution >= 0.6 is 0 Å². The number of rotatable bonds is 4. The van der Waals surface area contributed by atoms with E-state index in [9.17, 15) is 18.3 Å². The zero-order valence-electron chi connectivity index (χ0n) is 13.0. The highest BCUT2D eigenvalue weighted by Crippen LogP contribution is 2.29. The number of nitrogens with one attached hydrogen (secondary N) is 1. The first-order valence-corrected chi connectivity index (χ1v) is 6.99. The van der Waals surface area contributed by atoms with Gasteiger partial charge in [0, 0.05) is 17.5 Å². The van der Waals surface area contributed by atoms with E-state index in [4.69, 9.17) is 0 Å². The summed E-state index contributed by atoms with van der Waals surface area (Å²) in [6.07, 6.45) is -5.33. The third kappa shape index (κ3) is 4.52. The Hall–Kier alpha value is -1.93. The lowest BCUT2D eigenvalue weighted by Gasteiger charge is -2.26. The molecule has 2 rings (SSSR count). The third-order valence-electron chi connectivity index (χ3n) is 3.20. The molecule has 1 heterocycles. The second-order valence-electron chi connectivity index (χ2n) is 6.27. The van der Waals surface area contributed by atoms with E-state index in [1.807, 2.05) is 20.8 Å². The molecule has 0 radical (unpaired) electrons. The van der Waals surface area contributed by atoms with Crippen LogP contribution in [0.2, 0.25) is 0 Å². The monoisotopic (exact) mass is 329 g/mol. The molecule has 0 spiro atoms. The molecule has 0 aliphatic heterocycles. The molecule has 0 aliphatic rings. The fourth-order valence-electron chi connectivity index (χ4n) is 1.75. The number of benzene rings is 1. The molecule has 1 unspecified atom stereocenters. The summed E-state index contributed by atoms with van der Waals surface area (Å²) in [6.45, 7) is 6.14. The number of hydrogen-bond donors (Lipinski definition) is 2. The van der Waals surface area contributed by atoms with Crippen molar-refractivity contribution < 1.29 is 22.8 Å². The molecular weight excluding hydrogens is 311 g/mol. The minimum Gasteiger partial charge on any atom is -0.378 e. The molecule has 1 atom stereocenters. The lowest BCUT2D eigenvalue weighted by atomic mass is 9.94. The highest BCUT2D eigenvalue weighted by atomic mass is 19.4. The van der Waals surface area contributed by atoms with E-state index in [0.717, 1.165) is 5.56 Å². The molecule has 1 aromatic carbocycles. The lowest BCUT2D eigenvalue weighted by molar-refractivity contribution is -0.159. The highest BCUT2D eigenvalue weighted by Gasteiger charge is 2.38. The molecule has 0 aliphatic carbocycles. The van der Waals surface area contributed by atoms with E-state index >= 15 is 0 Å². The van der Waals surface area contributed by atoms with Gasteiger partial charge in [-0.25, -0.2) is 0 Å². The molecule has 1 aromatic heterocycles. The van der Waals surface area contributed by atoms with Gasteiger partial charge in [-0.2, -0.15) is 18.2 Å². The van der Waals surface area contributed by atoms with Crippen molar-refractivity contribution in [2.45, 2.75) is 39.7 Å². The number of aliphatic hydroxyl groups is 1. The average molecular weight is 329 g/mol. The van der Waals surface area contributed by atoms with E-state index in [1.54, 1.807) is 24.3 Å². The van der Waals surface area contributed by atoms with Crippen molar-refractivity contribution in [3.63, 3.8) is 0 Å². The van der Waals surface area contributed by atoms with E-state index in [1.165, 1.54) is 0 Å². The van der Waals surface area contributed by atoms with Gasteiger partial charge in [-0.15, -0.1) is 0 Å². The summed E-state index contributed by atoms with van der Waals surface area (Å²) < 4.78 is 41.5. The first-order chi connectivity index (χ1) is 10.6. The Labute approximate surface area is 131 Å². The number of hydrogen-bond acceptors (Lipinski definition) is 5. The standard InChI is InChI=1S/C15H18F3N3O2/c1-14(2,3)12(22)19-8-9-4-6-10(7-5-9)11-20-13(23-21-11)15(16,17)18/h4-7,12,19,22H,8H2,1-3H3. The summed E-state index contributed by atoms with van der Waals surface area (Å²) in [5.74, 6) is -1.49. The fraction of sp³-hybridized carbons (Fsp3) is 0.467. The molecule has 2 aromatic rings. The van der Waals surface area contributed by atoms with Crippen LogP contribution in [0.3, 0.4) is 0 Å². The van der Waals surface area contributed by atoms with Crippen LogP contribution in [-0.2, 0) is 12.7 Å². The predicted molar refractivity (Wildman–Crippen MR) is 77.0 cm³/mol. The molecule has 0 fully saturated rings. The van der Waals surface area contributed by atoms with Crippen LogP contribution in [0.15, 0.2) is 28.8 Å². The van der Waals surface area contributed by atoms with Crippen molar-refractivity contribution in [3.05, 3.63) is 35.7 Å². The van der Waals surface area contributed by atoms with Gasteiger partial charge in [-0.1, -0.05) is 50.2 Å². The molecule has 0 saturated heterocycles. The van der Waals surface area contributed by atoms with Gasteiger partial charge >= 0.3 is 12.1 Å². The number of aromatic nitrogens is 2. The van der Waals surface area contributed by atoms with Gasteiger partial charge in [-0.05, 0) is 5.56 Å². The fourth-order valence-corrected chi connectivity index (χ4v) is 1.75. The van der Waals surface area contributed by atoms with Crippen molar-refractivity contribution in [2.75, 3.05) is 0 Å². The van der Waals surface area contributed by atoms with Crippen LogP contribution in [0.4, 0.5) is 13.2 Å². The maximum Gasteiger partial charge on any atom is 0.471 e. The molecular formula is C15H18F3N3O2. The van der Waals surface area contributed by atoms with Crippen molar-refractivity contribution in [1.82, 2.24) is 15.5 Å². The van der Waals surface area contributed by atoms with E-state index in [2.05, 4.69) is 20.0 Å². The highest BCUT2D eigenvalue weighted by molar-refractivity contribution is 5.54.